The van der Waals surface area contributed by atoms with Crippen LogP contribution in [0.3, 0.4) is 0 Å². The summed E-state index contributed by atoms with van der Waals surface area (Å²) < 4.78 is 33.4. The molecule has 0 radical (unpaired) electrons. The lowest BCUT2D eigenvalue weighted by atomic mass is 10.1. The third-order valence-corrected chi connectivity index (χ3v) is 3.58. The molecule has 1 amide bonds. The van der Waals surface area contributed by atoms with Crippen LogP contribution in [-0.4, -0.2) is 31.6 Å². The van der Waals surface area contributed by atoms with Gasteiger partial charge in [0.15, 0.2) is 6.61 Å². The van der Waals surface area contributed by atoms with E-state index in [0.717, 1.165) is 11.1 Å². The van der Waals surface area contributed by atoms with E-state index < -0.39 is 18.5 Å². The third-order valence-electron chi connectivity index (χ3n) is 3.58. The van der Waals surface area contributed by atoms with E-state index >= 15 is 0 Å². The molecular formula is C19H19F2NO4. The van der Waals surface area contributed by atoms with Crippen molar-refractivity contribution >= 4 is 11.9 Å². The first-order chi connectivity index (χ1) is 12.5. The Hall–Kier alpha value is -2.96. The lowest BCUT2D eigenvalue weighted by Gasteiger charge is -2.08. The Labute approximate surface area is 149 Å². The number of nitrogens with one attached hydrogen (secondary N) is 1. The van der Waals surface area contributed by atoms with Crippen LogP contribution in [-0.2, 0) is 16.0 Å². The van der Waals surface area contributed by atoms with Gasteiger partial charge >= 0.3 is 12.6 Å². The summed E-state index contributed by atoms with van der Waals surface area (Å²) in [4.78, 5) is 23.6. The molecule has 0 unspecified atom stereocenters. The molecule has 0 heterocycles. The van der Waals surface area contributed by atoms with Gasteiger partial charge in [0, 0.05) is 6.54 Å². The summed E-state index contributed by atoms with van der Waals surface area (Å²) in [6, 6.07) is 13.1. The van der Waals surface area contributed by atoms with Gasteiger partial charge < -0.3 is 14.8 Å². The molecule has 0 aromatic heterocycles. The number of alkyl halides is 2. The van der Waals surface area contributed by atoms with E-state index in [0.29, 0.717) is 18.5 Å². The minimum atomic E-state index is -2.86. The number of hydrogen-bond donors (Lipinski definition) is 1. The van der Waals surface area contributed by atoms with Crippen LogP contribution in [0.2, 0.25) is 0 Å². The summed E-state index contributed by atoms with van der Waals surface area (Å²) in [5.74, 6) is -0.881. The summed E-state index contributed by atoms with van der Waals surface area (Å²) in [5.41, 5.74) is 2.05. The smallest absolute Gasteiger partial charge is 0.387 e. The van der Waals surface area contributed by atoms with Gasteiger partial charge in [0.25, 0.3) is 5.91 Å². The minimum Gasteiger partial charge on any atom is -0.452 e. The number of carbonyl (C=O) groups is 2. The van der Waals surface area contributed by atoms with Crippen LogP contribution in [0.25, 0.3) is 0 Å². The summed E-state index contributed by atoms with van der Waals surface area (Å²) in [5, 5.41) is 2.63. The second-order valence-corrected chi connectivity index (χ2v) is 5.51. The van der Waals surface area contributed by atoms with Gasteiger partial charge in [-0.05, 0) is 42.7 Å². The molecule has 2 aromatic rings. The van der Waals surface area contributed by atoms with Crippen LogP contribution in [0.15, 0.2) is 48.5 Å². The van der Waals surface area contributed by atoms with Crippen molar-refractivity contribution in [3.63, 3.8) is 0 Å². The zero-order valence-corrected chi connectivity index (χ0v) is 14.2. The molecule has 138 valence electrons. The Kier molecular flexibility index (Phi) is 7.08. The highest BCUT2D eigenvalue weighted by Gasteiger charge is 2.11. The van der Waals surface area contributed by atoms with Crippen molar-refractivity contribution in [2.45, 2.75) is 20.0 Å². The van der Waals surface area contributed by atoms with Crippen LogP contribution >= 0.6 is 0 Å². The molecule has 0 spiro atoms. The van der Waals surface area contributed by atoms with Crippen molar-refractivity contribution in [2.75, 3.05) is 13.2 Å². The largest absolute Gasteiger partial charge is 0.452 e. The Morgan fingerprint density at radius 3 is 2.42 bits per heavy atom. The molecule has 1 N–H and O–H groups in total. The zero-order valence-electron chi connectivity index (χ0n) is 14.2. The Morgan fingerprint density at radius 2 is 1.77 bits per heavy atom. The lowest BCUT2D eigenvalue weighted by molar-refractivity contribution is -0.124. The average molecular weight is 363 g/mol. The quantitative estimate of drug-likeness (QED) is 0.732. The van der Waals surface area contributed by atoms with Crippen LogP contribution in [0.5, 0.6) is 5.75 Å². The summed E-state index contributed by atoms with van der Waals surface area (Å²) in [6.07, 6.45) is 0.506. The first kappa shape index (κ1) is 19.4. The highest BCUT2D eigenvalue weighted by atomic mass is 19.3. The first-order valence-corrected chi connectivity index (χ1v) is 7.99. The van der Waals surface area contributed by atoms with E-state index in [4.69, 9.17) is 4.74 Å². The lowest BCUT2D eigenvalue weighted by Crippen LogP contribution is -2.30. The zero-order chi connectivity index (χ0) is 18.9. The molecule has 0 aliphatic carbocycles. The molecule has 7 heteroatoms. The maximum absolute atomic E-state index is 12.1. The molecule has 0 fully saturated rings. The summed E-state index contributed by atoms with van der Waals surface area (Å²) >= 11 is 0. The van der Waals surface area contributed by atoms with E-state index in [-0.39, 0.29) is 12.4 Å². The molecule has 0 atom stereocenters. The molecule has 2 rings (SSSR count). The van der Waals surface area contributed by atoms with Crippen molar-refractivity contribution in [1.82, 2.24) is 5.32 Å². The molecule has 5 nitrogen and oxygen atoms in total. The predicted molar refractivity (Wildman–Crippen MR) is 91.2 cm³/mol. The van der Waals surface area contributed by atoms with Crippen LogP contribution < -0.4 is 10.1 Å². The van der Waals surface area contributed by atoms with Gasteiger partial charge in [-0.1, -0.05) is 30.3 Å². The summed E-state index contributed by atoms with van der Waals surface area (Å²) in [7, 11) is 0. The molecular weight excluding hydrogens is 344 g/mol. The van der Waals surface area contributed by atoms with Crippen molar-refractivity contribution in [1.29, 1.82) is 0 Å². The number of benzene rings is 2. The van der Waals surface area contributed by atoms with Gasteiger partial charge in [0.1, 0.15) is 5.75 Å². The van der Waals surface area contributed by atoms with E-state index in [1.165, 1.54) is 12.1 Å². The number of aryl methyl sites for hydroxylation is 1. The average Bonchev–Trinajstić information content (AvgIpc) is 2.61. The standard InChI is InChI=1S/C19H19F2NO4/c1-13-4-2-3-5-16(13)18(24)25-12-17(23)22-11-10-14-6-8-15(9-7-14)26-19(20)21/h2-9,19H,10-12H2,1H3,(H,22,23). The SMILES string of the molecule is Cc1ccccc1C(=O)OCC(=O)NCCc1ccc(OC(F)F)cc1. The second-order valence-electron chi connectivity index (χ2n) is 5.51. The second kappa shape index (κ2) is 9.50. The number of esters is 1. The van der Waals surface area contributed by atoms with E-state index in [9.17, 15) is 18.4 Å². The number of hydrogen-bond acceptors (Lipinski definition) is 4. The van der Waals surface area contributed by atoms with Crippen LogP contribution in [0.1, 0.15) is 21.5 Å². The fraction of sp³-hybridized carbons (Fsp3) is 0.263. The number of carbonyl (C=O) groups excluding carboxylic acids is 2. The Balaban J connectivity index is 1.70. The number of rotatable bonds is 8. The monoisotopic (exact) mass is 363 g/mol. The number of ether oxygens (including phenoxy) is 2. The van der Waals surface area contributed by atoms with Crippen LogP contribution in [0.4, 0.5) is 8.78 Å². The van der Waals surface area contributed by atoms with Gasteiger partial charge in [0.2, 0.25) is 0 Å². The van der Waals surface area contributed by atoms with Gasteiger partial charge in [0.05, 0.1) is 5.56 Å². The normalized spacial score (nSPS) is 10.5. The van der Waals surface area contributed by atoms with Gasteiger partial charge in [-0.2, -0.15) is 8.78 Å². The molecule has 2 aromatic carbocycles. The van der Waals surface area contributed by atoms with Crippen molar-refractivity contribution in [3.05, 3.63) is 65.2 Å². The van der Waals surface area contributed by atoms with E-state index in [1.54, 1.807) is 37.3 Å². The Bertz CT molecular complexity index is 747. The maximum Gasteiger partial charge on any atom is 0.387 e. The van der Waals surface area contributed by atoms with Crippen LogP contribution in [0, 0.1) is 6.92 Å². The molecule has 0 aliphatic rings. The molecule has 0 saturated heterocycles. The molecule has 0 bridgehead atoms. The fourth-order valence-electron chi connectivity index (χ4n) is 2.25. The third kappa shape index (κ3) is 6.16. The fourth-order valence-corrected chi connectivity index (χ4v) is 2.25. The van der Waals surface area contributed by atoms with Crippen molar-refractivity contribution < 1.29 is 27.8 Å². The molecule has 0 aliphatic heterocycles. The van der Waals surface area contributed by atoms with E-state index in [2.05, 4.69) is 10.1 Å². The van der Waals surface area contributed by atoms with Crippen molar-refractivity contribution in [2.24, 2.45) is 0 Å². The molecule has 26 heavy (non-hydrogen) atoms. The van der Waals surface area contributed by atoms with Crippen molar-refractivity contribution in [3.8, 4) is 5.75 Å². The predicted octanol–water partition coefficient (Wildman–Crippen LogP) is 3.11. The summed E-state index contributed by atoms with van der Waals surface area (Å²) in [6.45, 7) is -1.11. The van der Waals surface area contributed by atoms with Gasteiger partial charge in [-0.15, -0.1) is 0 Å². The van der Waals surface area contributed by atoms with Gasteiger partial charge in [-0.25, -0.2) is 4.79 Å². The molecule has 0 saturated carbocycles. The van der Waals surface area contributed by atoms with E-state index in [1.807, 2.05) is 6.07 Å². The first-order valence-electron chi connectivity index (χ1n) is 7.99. The highest BCUT2D eigenvalue weighted by Crippen LogP contribution is 2.15. The number of amides is 1. The number of halogens is 2. The highest BCUT2D eigenvalue weighted by molar-refractivity contribution is 5.92. The minimum absolute atomic E-state index is 0.0795. The Morgan fingerprint density at radius 1 is 1.08 bits per heavy atom. The topological polar surface area (TPSA) is 64.6 Å². The van der Waals surface area contributed by atoms with Gasteiger partial charge in [-0.3, -0.25) is 4.79 Å². The maximum atomic E-state index is 12.1.